The number of ether oxygens (including phenoxy) is 1. The summed E-state index contributed by atoms with van der Waals surface area (Å²) in [6.07, 6.45) is -2.35. The van der Waals surface area contributed by atoms with Gasteiger partial charge in [-0.15, -0.1) is 0 Å². The molecule has 3 amide bonds. The minimum atomic E-state index is -3.91. The highest BCUT2D eigenvalue weighted by Gasteiger charge is 2.30. The number of nitrogens with zero attached hydrogens (tertiary/aromatic N) is 2. The maximum Gasteiger partial charge on any atom is 0.474 e. The summed E-state index contributed by atoms with van der Waals surface area (Å²) in [5.41, 5.74) is 1.10. The molecule has 3 N–H and O–H groups in total. The molecule has 0 fully saturated rings. The lowest BCUT2D eigenvalue weighted by Crippen LogP contribution is -2.47. The number of aromatic nitrogens is 1. The molecule has 0 saturated heterocycles. The van der Waals surface area contributed by atoms with Crippen LogP contribution in [0.3, 0.4) is 0 Å². The molecule has 3 rings (SSSR count). The van der Waals surface area contributed by atoms with E-state index in [4.69, 9.17) is 34.4 Å². The van der Waals surface area contributed by atoms with E-state index in [-0.39, 0.29) is 43.6 Å². The number of benzene rings is 2. The summed E-state index contributed by atoms with van der Waals surface area (Å²) in [5.74, 6) is -0.112. The number of rotatable bonds is 16. The number of aliphatic hydroxyl groups is 1. The zero-order valence-corrected chi connectivity index (χ0v) is 26.1. The van der Waals surface area contributed by atoms with E-state index >= 15 is 0 Å². The van der Waals surface area contributed by atoms with E-state index in [1.165, 1.54) is 30.1 Å². The van der Waals surface area contributed by atoms with Gasteiger partial charge in [0.2, 0.25) is 0 Å². The fourth-order valence-electron chi connectivity index (χ4n) is 3.86. The third-order valence-electron chi connectivity index (χ3n) is 6.08. The largest absolute Gasteiger partial charge is 0.474 e. The highest BCUT2D eigenvalue weighted by molar-refractivity contribution is 7.48. The van der Waals surface area contributed by atoms with Crippen LogP contribution in [0.4, 0.5) is 19.8 Å². The molecule has 240 valence electrons. The van der Waals surface area contributed by atoms with Crippen molar-refractivity contribution >= 4 is 37.4 Å². The van der Waals surface area contributed by atoms with Crippen molar-refractivity contribution in [2.45, 2.75) is 39.0 Å². The van der Waals surface area contributed by atoms with Crippen LogP contribution in [-0.2, 0) is 29.4 Å². The van der Waals surface area contributed by atoms with Gasteiger partial charge in [-0.05, 0) is 31.9 Å². The summed E-state index contributed by atoms with van der Waals surface area (Å²) in [6, 6.07) is 13.3. The van der Waals surface area contributed by atoms with Crippen molar-refractivity contribution in [3.8, 4) is 11.3 Å². The van der Waals surface area contributed by atoms with E-state index in [2.05, 4.69) is 15.8 Å². The van der Waals surface area contributed by atoms with Crippen molar-refractivity contribution in [2.75, 3.05) is 38.8 Å². The average Bonchev–Trinajstić information content (AvgIpc) is 3.47. The predicted octanol–water partition coefficient (Wildman–Crippen LogP) is 5.84. The molecule has 0 radical (unpaired) electrons. The third kappa shape index (κ3) is 10.6. The number of urea groups is 1. The molecule has 2 aromatic carbocycles. The standard InChI is InChI=1S/C28H35ClFN4O9P/c1-4-40-44(38,41-5-2)42-18-22(35)14-21(34(3)27(36)31-16-20-12-9-13-23(30)26(20)29)17-39-28(37)32-25-15-24(43-33-25)19-10-7-6-8-11-19/h6-13,15,21-22,35H,4-5,14,16-18H2,1-3H3,(H,31,36)(H,32,33,37)/t21-,22-/m0/s1. The lowest BCUT2D eigenvalue weighted by atomic mass is 10.1. The fourth-order valence-corrected chi connectivity index (χ4v) is 5.26. The van der Waals surface area contributed by atoms with Gasteiger partial charge in [0.15, 0.2) is 11.6 Å². The van der Waals surface area contributed by atoms with Crippen LogP contribution in [0.2, 0.25) is 5.02 Å². The van der Waals surface area contributed by atoms with Crippen molar-refractivity contribution in [1.29, 1.82) is 0 Å². The molecule has 2 atom stereocenters. The van der Waals surface area contributed by atoms with Crippen molar-refractivity contribution in [1.82, 2.24) is 15.4 Å². The molecule has 0 unspecified atom stereocenters. The number of hydrogen-bond acceptors (Lipinski definition) is 10. The number of carbonyl (C=O) groups is 2. The molecule has 1 aromatic heterocycles. The summed E-state index contributed by atoms with van der Waals surface area (Å²) >= 11 is 5.98. The van der Waals surface area contributed by atoms with Crippen LogP contribution in [0, 0.1) is 5.82 Å². The highest BCUT2D eigenvalue weighted by Crippen LogP contribution is 2.49. The van der Waals surface area contributed by atoms with E-state index in [1.54, 1.807) is 19.9 Å². The number of anilines is 1. The molecular weight excluding hydrogens is 622 g/mol. The van der Waals surface area contributed by atoms with Gasteiger partial charge in [-0.3, -0.25) is 18.9 Å². The Morgan fingerprint density at radius 2 is 1.80 bits per heavy atom. The number of phosphoric acid groups is 1. The van der Waals surface area contributed by atoms with Crippen LogP contribution in [0.5, 0.6) is 0 Å². The van der Waals surface area contributed by atoms with E-state index in [9.17, 15) is 23.7 Å². The van der Waals surface area contributed by atoms with E-state index in [0.29, 0.717) is 11.3 Å². The van der Waals surface area contributed by atoms with Gasteiger partial charge in [-0.2, -0.15) is 0 Å². The Kier molecular flexibility index (Phi) is 13.6. The Hall–Kier alpha value is -3.52. The highest BCUT2D eigenvalue weighted by atomic mass is 35.5. The molecule has 16 heteroatoms. The Morgan fingerprint density at radius 1 is 1.09 bits per heavy atom. The number of carbonyl (C=O) groups excluding carboxylic acids is 2. The van der Waals surface area contributed by atoms with Gasteiger partial charge in [0.05, 0.1) is 37.0 Å². The van der Waals surface area contributed by atoms with Crippen LogP contribution >= 0.6 is 19.4 Å². The first-order chi connectivity index (χ1) is 21.0. The van der Waals surface area contributed by atoms with Crippen LogP contribution in [0.1, 0.15) is 25.8 Å². The zero-order valence-electron chi connectivity index (χ0n) is 24.4. The van der Waals surface area contributed by atoms with Gasteiger partial charge in [-0.25, -0.2) is 18.5 Å². The molecule has 0 spiro atoms. The Labute approximate surface area is 259 Å². The second kappa shape index (κ2) is 17.1. The number of phosphoric ester groups is 1. The predicted molar refractivity (Wildman–Crippen MR) is 160 cm³/mol. The zero-order chi connectivity index (χ0) is 32.1. The summed E-state index contributed by atoms with van der Waals surface area (Å²) in [4.78, 5) is 26.8. The van der Waals surface area contributed by atoms with Crippen molar-refractivity contribution < 1.29 is 46.5 Å². The number of aliphatic hydroxyl groups excluding tert-OH is 1. The van der Waals surface area contributed by atoms with Gasteiger partial charge in [0, 0.05) is 25.2 Å². The first-order valence-electron chi connectivity index (χ1n) is 13.7. The van der Waals surface area contributed by atoms with Gasteiger partial charge in [-0.1, -0.05) is 59.2 Å². The molecule has 0 saturated carbocycles. The average molecular weight is 657 g/mol. The lowest BCUT2D eigenvalue weighted by Gasteiger charge is -2.30. The van der Waals surface area contributed by atoms with Gasteiger partial charge >= 0.3 is 19.9 Å². The first kappa shape index (κ1) is 35.0. The van der Waals surface area contributed by atoms with E-state index in [0.717, 1.165) is 5.56 Å². The maximum absolute atomic E-state index is 13.8. The topological polar surface area (TPSA) is 162 Å². The van der Waals surface area contributed by atoms with Crippen LogP contribution in [0.15, 0.2) is 59.1 Å². The number of halogens is 2. The van der Waals surface area contributed by atoms with Crippen LogP contribution in [0.25, 0.3) is 11.3 Å². The monoisotopic (exact) mass is 656 g/mol. The fraction of sp³-hybridized carbons (Fsp3) is 0.393. The molecule has 0 bridgehead atoms. The minimum Gasteiger partial charge on any atom is -0.447 e. The van der Waals surface area contributed by atoms with Crippen LogP contribution < -0.4 is 10.6 Å². The number of hydrogen-bond donors (Lipinski definition) is 3. The molecule has 3 aromatic rings. The summed E-state index contributed by atoms with van der Waals surface area (Å²) in [6.45, 7) is 2.39. The molecule has 1 heterocycles. The Balaban J connectivity index is 1.65. The second-order valence-electron chi connectivity index (χ2n) is 9.27. The molecule has 0 aliphatic heterocycles. The number of likely N-dealkylation sites (N-methyl/N-ethyl adjacent to an activating group) is 1. The molecule has 13 nitrogen and oxygen atoms in total. The summed E-state index contributed by atoms with van der Waals surface area (Å²) in [5, 5.41) is 19.4. The molecule has 0 aliphatic rings. The molecule has 0 aliphatic carbocycles. The SMILES string of the molecule is CCOP(=O)(OCC)OC[C@@H](O)C[C@@H](COC(=O)Nc1cc(-c2ccccc2)on1)N(C)C(=O)NCc1cccc(F)c1Cl. The Bertz CT molecular complexity index is 1400. The summed E-state index contributed by atoms with van der Waals surface area (Å²) < 4.78 is 52.4. The third-order valence-corrected chi connectivity index (χ3v) is 8.12. The molecular formula is C28H35ClFN4O9P. The van der Waals surface area contributed by atoms with Gasteiger partial charge in [0.25, 0.3) is 0 Å². The van der Waals surface area contributed by atoms with Crippen LogP contribution in [-0.4, -0.2) is 72.9 Å². The molecule has 44 heavy (non-hydrogen) atoms. The first-order valence-corrected chi connectivity index (χ1v) is 15.5. The van der Waals surface area contributed by atoms with Gasteiger partial charge in [0.1, 0.15) is 12.4 Å². The quantitative estimate of drug-likeness (QED) is 0.160. The van der Waals surface area contributed by atoms with Gasteiger partial charge < -0.3 is 24.6 Å². The number of amides is 3. The lowest BCUT2D eigenvalue weighted by molar-refractivity contribution is 0.0353. The normalized spacial score (nSPS) is 12.8. The number of nitrogens with one attached hydrogen (secondary N) is 2. The summed E-state index contributed by atoms with van der Waals surface area (Å²) in [7, 11) is -2.50. The minimum absolute atomic E-state index is 0.0511. The van der Waals surface area contributed by atoms with Crippen molar-refractivity contribution in [3.63, 3.8) is 0 Å². The Morgan fingerprint density at radius 3 is 2.48 bits per heavy atom. The second-order valence-corrected chi connectivity index (χ2v) is 11.3. The van der Waals surface area contributed by atoms with Crippen molar-refractivity contribution in [2.24, 2.45) is 0 Å². The van der Waals surface area contributed by atoms with E-state index in [1.807, 2.05) is 30.3 Å². The smallest absolute Gasteiger partial charge is 0.447 e. The van der Waals surface area contributed by atoms with Crippen molar-refractivity contribution in [3.05, 3.63) is 71.0 Å². The maximum atomic E-state index is 13.8. The van der Waals surface area contributed by atoms with E-state index < -0.39 is 44.5 Å².